The van der Waals surface area contributed by atoms with Crippen molar-refractivity contribution in [2.45, 2.75) is 13.8 Å². The Morgan fingerprint density at radius 3 is 1.00 bits per heavy atom. The average molecular weight is 117 g/mol. The van der Waals surface area contributed by atoms with Crippen molar-refractivity contribution in [3.05, 3.63) is 0 Å². The van der Waals surface area contributed by atoms with E-state index >= 15 is 0 Å². The number of rotatable bonds is 0. The monoisotopic (exact) mass is 117 g/mol. The third-order valence-corrected chi connectivity index (χ3v) is 0. The van der Waals surface area contributed by atoms with Crippen molar-refractivity contribution in [1.29, 1.82) is 0 Å². The van der Waals surface area contributed by atoms with Crippen molar-refractivity contribution in [2.24, 2.45) is 0 Å². The van der Waals surface area contributed by atoms with E-state index < -0.39 is 6.75 Å². The van der Waals surface area contributed by atoms with E-state index in [-0.39, 0.29) is 0 Å². The summed E-state index contributed by atoms with van der Waals surface area (Å²) in [5.41, 5.74) is 0. The molecular weight excluding hydrogens is 102 g/mol. The summed E-state index contributed by atoms with van der Waals surface area (Å²) in [5.74, 6) is 0. The second-order valence-corrected chi connectivity index (χ2v) is 6.35. The van der Waals surface area contributed by atoms with Gasteiger partial charge in [0.2, 0.25) is 0 Å². The molecule has 0 amide bonds. The first-order valence-corrected chi connectivity index (χ1v) is 5.80. The van der Waals surface area contributed by atoms with Gasteiger partial charge in [-0.05, 0) is 0 Å². The van der Waals surface area contributed by atoms with Crippen molar-refractivity contribution in [1.82, 2.24) is 0 Å². The molecule has 0 rings (SSSR count). The van der Waals surface area contributed by atoms with E-state index in [2.05, 4.69) is 20.0 Å². The Morgan fingerprint density at radius 2 is 1.00 bits per heavy atom. The van der Waals surface area contributed by atoms with Crippen molar-refractivity contribution < 1.29 is 0 Å². The van der Waals surface area contributed by atoms with Gasteiger partial charge in [-0.3, -0.25) is 0 Å². The maximum absolute atomic E-state index is 5.47. The standard InChI is InChI=1S/C3H9BP.C2H6/c1-5(2,3)4;1-2/h1-3H3;1-2H3. The molecule has 7 heavy (non-hydrogen) atoms. The van der Waals surface area contributed by atoms with Gasteiger partial charge in [0.05, 0.1) is 0 Å². The summed E-state index contributed by atoms with van der Waals surface area (Å²) in [4.78, 5) is 0. The predicted octanol–water partition coefficient (Wildman–Crippen LogP) is 2.00. The van der Waals surface area contributed by atoms with Gasteiger partial charge in [0.15, 0.2) is 0 Å². The minimum atomic E-state index is -0.889. The first-order valence-electron chi connectivity index (χ1n) is 2.60. The van der Waals surface area contributed by atoms with E-state index in [0.717, 1.165) is 0 Å². The summed E-state index contributed by atoms with van der Waals surface area (Å²) >= 11 is 0. The van der Waals surface area contributed by atoms with Crippen molar-refractivity contribution in [3.63, 3.8) is 0 Å². The zero-order valence-corrected chi connectivity index (χ0v) is 6.92. The van der Waals surface area contributed by atoms with Crippen LogP contribution in [0, 0.1) is 0 Å². The van der Waals surface area contributed by atoms with Gasteiger partial charge in [0.25, 0.3) is 0 Å². The van der Waals surface area contributed by atoms with Gasteiger partial charge < -0.3 is 0 Å². The Hall–Kier alpha value is 0.495. The summed E-state index contributed by atoms with van der Waals surface area (Å²) in [6.45, 7) is 9.34. The molecule has 0 aromatic carbocycles. The zero-order chi connectivity index (χ0) is 6.50. The molecule has 0 aliphatic rings. The van der Waals surface area contributed by atoms with Crippen molar-refractivity contribution >= 4 is 13.9 Å². The molecule has 0 aromatic heterocycles. The summed E-state index contributed by atoms with van der Waals surface area (Å²) in [5, 5.41) is 0. The van der Waals surface area contributed by atoms with Gasteiger partial charge in [0, 0.05) is 0 Å². The molecule has 0 nitrogen and oxygen atoms in total. The average Bonchev–Trinajstić information content (AvgIpc) is 1.36. The molecule has 0 bridgehead atoms. The van der Waals surface area contributed by atoms with Crippen molar-refractivity contribution in [3.8, 4) is 0 Å². The van der Waals surface area contributed by atoms with Crippen LogP contribution >= 0.6 is 6.75 Å². The third kappa shape index (κ3) is 536. The van der Waals surface area contributed by atoms with Gasteiger partial charge in [-0.2, -0.15) is 0 Å². The molecule has 43 valence electrons. The molecule has 1 radical (unpaired) electrons. The van der Waals surface area contributed by atoms with E-state index in [1.54, 1.807) is 0 Å². The van der Waals surface area contributed by atoms with Crippen LogP contribution in [-0.2, 0) is 0 Å². The molecule has 0 unspecified atom stereocenters. The van der Waals surface area contributed by atoms with E-state index in [9.17, 15) is 0 Å². The summed E-state index contributed by atoms with van der Waals surface area (Å²) in [7, 11) is 5.47. The third-order valence-electron chi connectivity index (χ3n) is 0. The van der Waals surface area contributed by atoms with Crippen LogP contribution in [0.15, 0.2) is 0 Å². The molecule has 0 aromatic rings. The van der Waals surface area contributed by atoms with E-state index in [1.807, 2.05) is 13.8 Å². The molecule has 0 fully saturated rings. The van der Waals surface area contributed by atoms with Crippen LogP contribution in [0.2, 0.25) is 0 Å². The first-order chi connectivity index (χ1) is 3.00. The molecule has 0 spiro atoms. The quantitative estimate of drug-likeness (QED) is 0.336. The Morgan fingerprint density at radius 1 is 1.00 bits per heavy atom. The molecule has 0 heterocycles. The van der Waals surface area contributed by atoms with Crippen LogP contribution in [-0.4, -0.2) is 27.2 Å². The molecule has 0 saturated heterocycles. The van der Waals surface area contributed by atoms with E-state index in [0.29, 0.717) is 0 Å². The Bertz CT molecular complexity index is 54.2. The fraction of sp³-hybridized carbons (Fsp3) is 1.00. The molecule has 0 N–H and O–H groups in total. The van der Waals surface area contributed by atoms with E-state index in [1.165, 1.54) is 0 Å². The topological polar surface area (TPSA) is 0 Å². The maximum atomic E-state index is 5.47. The SMILES string of the molecule is CC.[B]=P(C)(C)C. The van der Waals surface area contributed by atoms with Gasteiger partial charge in [0.1, 0.15) is 0 Å². The molecule has 0 aliphatic carbocycles. The second-order valence-electron chi connectivity index (χ2n) is 2.12. The summed E-state index contributed by atoms with van der Waals surface area (Å²) in [6.07, 6.45) is 0. The summed E-state index contributed by atoms with van der Waals surface area (Å²) < 4.78 is 0. The Labute approximate surface area is 48.6 Å². The Balaban J connectivity index is 0. The number of hydrogen-bond donors (Lipinski definition) is 0. The fourth-order valence-electron chi connectivity index (χ4n) is 0. The fourth-order valence-corrected chi connectivity index (χ4v) is 0. The normalized spacial score (nSPS) is 9.14. The minimum absolute atomic E-state index is 0.889. The molecular formula is C5H15BP. The van der Waals surface area contributed by atoms with Gasteiger partial charge in [-0.25, -0.2) is 0 Å². The predicted molar refractivity (Wildman–Crippen MR) is 41.8 cm³/mol. The van der Waals surface area contributed by atoms with Gasteiger partial charge in [-0.1, -0.05) is 13.8 Å². The van der Waals surface area contributed by atoms with Crippen LogP contribution in [0.4, 0.5) is 0 Å². The van der Waals surface area contributed by atoms with E-state index in [4.69, 9.17) is 7.18 Å². The van der Waals surface area contributed by atoms with Crippen LogP contribution in [0.3, 0.4) is 0 Å². The molecule has 0 aliphatic heterocycles. The van der Waals surface area contributed by atoms with Gasteiger partial charge >= 0.3 is 33.9 Å². The second kappa shape index (κ2) is 4.65. The zero-order valence-electron chi connectivity index (χ0n) is 6.02. The number of hydrogen-bond acceptors (Lipinski definition) is 0. The molecule has 0 saturated carbocycles. The van der Waals surface area contributed by atoms with Crippen LogP contribution < -0.4 is 0 Å². The summed E-state index contributed by atoms with van der Waals surface area (Å²) in [6, 6.07) is 0. The van der Waals surface area contributed by atoms with Crippen LogP contribution in [0.25, 0.3) is 0 Å². The van der Waals surface area contributed by atoms with Gasteiger partial charge in [-0.15, -0.1) is 0 Å². The van der Waals surface area contributed by atoms with Crippen molar-refractivity contribution in [2.75, 3.05) is 20.0 Å². The molecule has 2 heteroatoms. The molecule has 0 atom stereocenters. The van der Waals surface area contributed by atoms with Crippen LogP contribution in [0.1, 0.15) is 13.8 Å². The van der Waals surface area contributed by atoms with Crippen LogP contribution in [0.5, 0.6) is 0 Å². The first kappa shape index (κ1) is 10.5. The Kier molecular flexibility index (Phi) is 6.95.